The molecule has 1 aromatic rings. The van der Waals surface area contributed by atoms with Crippen LogP contribution in [0.25, 0.3) is 0 Å². The number of nitrogen functional groups attached to an aromatic ring is 1. The number of nitrogens with two attached hydrogens (primary N) is 1. The van der Waals surface area contributed by atoms with E-state index >= 15 is 0 Å². The highest BCUT2D eigenvalue weighted by Crippen LogP contribution is 2.36. The van der Waals surface area contributed by atoms with Crippen LogP contribution >= 0.6 is 34.8 Å². The van der Waals surface area contributed by atoms with E-state index in [0.29, 0.717) is 20.8 Å². The molecule has 4 heteroatoms. The van der Waals surface area contributed by atoms with E-state index in [1.54, 1.807) is 6.07 Å². The van der Waals surface area contributed by atoms with Crippen LogP contribution in [0.2, 0.25) is 15.1 Å². The van der Waals surface area contributed by atoms with Crippen molar-refractivity contribution < 1.29 is 0 Å². The van der Waals surface area contributed by atoms with E-state index in [4.69, 9.17) is 40.5 Å². The molecule has 60 valence electrons. The molecule has 0 fully saturated rings. The first kappa shape index (κ1) is 8.98. The topological polar surface area (TPSA) is 26.0 Å². The molecular formula is C7H6Cl3N. The van der Waals surface area contributed by atoms with Crippen LogP contribution in [0.3, 0.4) is 0 Å². The first-order valence-corrected chi connectivity index (χ1v) is 4.07. The van der Waals surface area contributed by atoms with Gasteiger partial charge < -0.3 is 5.73 Å². The van der Waals surface area contributed by atoms with Gasteiger partial charge in [-0.15, -0.1) is 0 Å². The van der Waals surface area contributed by atoms with Crippen LogP contribution in [-0.2, 0) is 0 Å². The van der Waals surface area contributed by atoms with E-state index in [1.807, 2.05) is 6.92 Å². The van der Waals surface area contributed by atoms with Crippen LogP contribution in [0, 0.1) is 6.92 Å². The number of hydrogen-bond acceptors (Lipinski definition) is 1. The van der Waals surface area contributed by atoms with Crippen molar-refractivity contribution in [3.63, 3.8) is 0 Å². The molecule has 11 heavy (non-hydrogen) atoms. The molecule has 0 aromatic heterocycles. The monoisotopic (exact) mass is 209 g/mol. The minimum atomic E-state index is 0.316. The van der Waals surface area contributed by atoms with Crippen LogP contribution in [0.4, 0.5) is 5.69 Å². The summed E-state index contributed by atoms with van der Waals surface area (Å²) in [5.74, 6) is 0. The van der Waals surface area contributed by atoms with Gasteiger partial charge in [-0.2, -0.15) is 0 Å². The molecule has 0 spiro atoms. The van der Waals surface area contributed by atoms with E-state index in [2.05, 4.69) is 0 Å². The number of hydrogen-bond donors (Lipinski definition) is 1. The van der Waals surface area contributed by atoms with Gasteiger partial charge in [0.05, 0.1) is 20.8 Å². The number of aryl methyl sites for hydroxylation is 1. The summed E-state index contributed by atoms with van der Waals surface area (Å²) in [6.07, 6.45) is 0. The Morgan fingerprint density at radius 1 is 1.18 bits per heavy atom. The lowest BCUT2D eigenvalue weighted by molar-refractivity contribution is 1.47. The van der Waals surface area contributed by atoms with Crippen LogP contribution in [0.1, 0.15) is 5.56 Å². The summed E-state index contributed by atoms with van der Waals surface area (Å²) in [4.78, 5) is 0. The molecule has 0 saturated carbocycles. The average Bonchev–Trinajstić information content (AvgIpc) is 1.97. The third-order valence-corrected chi connectivity index (χ3v) is 2.68. The molecule has 0 bridgehead atoms. The van der Waals surface area contributed by atoms with Crippen LogP contribution in [-0.4, -0.2) is 0 Å². The van der Waals surface area contributed by atoms with E-state index in [9.17, 15) is 0 Å². The lowest BCUT2D eigenvalue weighted by atomic mass is 10.2. The molecule has 0 atom stereocenters. The largest absolute Gasteiger partial charge is 0.397 e. The van der Waals surface area contributed by atoms with Crippen molar-refractivity contribution in [2.75, 3.05) is 5.73 Å². The second-order valence-electron chi connectivity index (χ2n) is 2.22. The van der Waals surface area contributed by atoms with Crippen LogP contribution < -0.4 is 5.73 Å². The summed E-state index contributed by atoms with van der Waals surface area (Å²) in [5, 5.41) is 1.08. The predicted molar refractivity (Wildman–Crippen MR) is 50.6 cm³/mol. The molecule has 0 aliphatic rings. The normalized spacial score (nSPS) is 10.2. The van der Waals surface area contributed by atoms with Crippen molar-refractivity contribution in [2.45, 2.75) is 6.92 Å². The highest BCUT2D eigenvalue weighted by molar-refractivity contribution is 6.49. The van der Waals surface area contributed by atoms with Crippen molar-refractivity contribution in [1.29, 1.82) is 0 Å². The molecule has 2 N–H and O–H groups in total. The fraction of sp³-hybridized carbons (Fsp3) is 0.143. The van der Waals surface area contributed by atoms with E-state index < -0.39 is 0 Å². The van der Waals surface area contributed by atoms with E-state index in [0.717, 1.165) is 5.56 Å². The van der Waals surface area contributed by atoms with Gasteiger partial charge >= 0.3 is 0 Å². The standard InChI is InChI=1S/C7H6Cl3N/c1-3-2-4(8)5(9)6(10)7(3)11/h2H,11H2,1H3. The summed E-state index contributed by atoms with van der Waals surface area (Å²) in [6.45, 7) is 1.82. The van der Waals surface area contributed by atoms with Gasteiger partial charge in [0.25, 0.3) is 0 Å². The molecule has 0 unspecified atom stereocenters. The quantitative estimate of drug-likeness (QED) is 0.514. The smallest absolute Gasteiger partial charge is 0.0839 e. The first-order chi connectivity index (χ1) is 5.04. The zero-order chi connectivity index (χ0) is 8.59. The highest BCUT2D eigenvalue weighted by Gasteiger charge is 2.08. The Labute approximate surface area is 80.0 Å². The third kappa shape index (κ3) is 1.56. The molecule has 1 nitrogen and oxygen atoms in total. The molecule has 0 radical (unpaired) electrons. The van der Waals surface area contributed by atoms with Gasteiger partial charge in [-0.3, -0.25) is 0 Å². The molecule has 0 aliphatic heterocycles. The van der Waals surface area contributed by atoms with E-state index in [1.165, 1.54) is 0 Å². The summed E-state index contributed by atoms with van der Waals surface area (Å²) in [6, 6.07) is 1.69. The predicted octanol–water partition coefficient (Wildman–Crippen LogP) is 3.54. The van der Waals surface area contributed by atoms with Crippen LogP contribution in [0.15, 0.2) is 6.07 Å². The second kappa shape index (κ2) is 3.10. The van der Waals surface area contributed by atoms with E-state index in [-0.39, 0.29) is 0 Å². The lowest BCUT2D eigenvalue weighted by Crippen LogP contribution is -1.91. The molecule has 0 aliphatic carbocycles. The molecule has 0 heterocycles. The zero-order valence-corrected chi connectivity index (χ0v) is 8.06. The third-order valence-electron chi connectivity index (χ3n) is 1.41. The Bertz CT molecular complexity index is 270. The first-order valence-electron chi connectivity index (χ1n) is 2.93. The van der Waals surface area contributed by atoms with Crippen molar-refractivity contribution >= 4 is 40.5 Å². The fourth-order valence-electron chi connectivity index (χ4n) is 0.727. The number of anilines is 1. The molecule has 0 saturated heterocycles. The van der Waals surface area contributed by atoms with Crippen molar-refractivity contribution in [3.05, 3.63) is 26.7 Å². The summed E-state index contributed by atoms with van der Waals surface area (Å²) < 4.78 is 0. The van der Waals surface area contributed by atoms with Gasteiger partial charge in [0.15, 0.2) is 0 Å². The van der Waals surface area contributed by atoms with Crippen molar-refractivity contribution in [3.8, 4) is 0 Å². The zero-order valence-electron chi connectivity index (χ0n) is 5.79. The molecular weight excluding hydrogens is 204 g/mol. The minimum absolute atomic E-state index is 0.316. The fourth-order valence-corrected chi connectivity index (χ4v) is 1.44. The summed E-state index contributed by atoms with van der Waals surface area (Å²) >= 11 is 17.2. The SMILES string of the molecule is Cc1cc(Cl)c(Cl)c(Cl)c1N. The molecule has 0 amide bonds. The van der Waals surface area contributed by atoms with Crippen molar-refractivity contribution in [2.24, 2.45) is 0 Å². The number of rotatable bonds is 0. The van der Waals surface area contributed by atoms with Gasteiger partial charge in [0.1, 0.15) is 0 Å². The van der Waals surface area contributed by atoms with Gasteiger partial charge in [0, 0.05) is 0 Å². The van der Waals surface area contributed by atoms with Crippen LogP contribution in [0.5, 0.6) is 0 Å². The Morgan fingerprint density at radius 3 is 2.27 bits per heavy atom. The highest BCUT2D eigenvalue weighted by atomic mass is 35.5. The summed E-state index contributed by atoms with van der Waals surface area (Å²) in [5.41, 5.74) is 6.90. The van der Waals surface area contributed by atoms with Gasteiger partial charge in [-0.1, -0.05) is 34.8 Å². The Balaban J connectivity index is 3.46. The van der Waals surface area contributed by atoms with Crippen molar-refractivity contribution in [1.82, 2.24) is 0 Å². The second-order valence-corrected chi connectivity index (χ2v) is 3.38. The average molecular weight is 210 g/mol. The van der Waals surface area contributed by atoms with Gasteiger partial charge in [0.2, 0.25) is 0 Å². The number of benzene rings is 1. The van der Waals surface area contributed by atoms with Gasteiger partial charge in [-0.05, 0) is 18.6 Å². The molecule has 1 rings (SSSR count). The lowest BCUT2D eigenvalue weighted by Gasteiger charge is -2.05. The Kier molecular flexibility index (Phi) is 2.53. The van der Waals surface area contributed by atoms with Gasteiger partial charge in [-0.25, -0.2) is 0 Å². The minimum Gasteiger partial charge on any atom is -0.397 e. The Hall–Kier alpha value is -0.110. The maximum absolute atomic E-state index is 5.75. The summed E-state index contributed by atoms with van der Waals surface area (Å²) in [7, 11) is 0. The number of halogens is 3. The maximum Gasteiger partial charge on any atom is 0.0839 e. The molecule has 1 aromatic carbocycles. The Morgan fingerprint density at radius 2 is 1.73 bits per heavy atom. The maximum atomic E-state index is 5.75.